The lowest BCUT2D eigenvalue weighted by molar-refractivity contribution is -0.143. The molecule has 2 aliphatic rings. The molecule has 2 fully saturated rings. The minimum Gasteiger partial charge on any atom is -0.364 e. The lowest BCUT2D eigenvalue weighted by Crippen LogP contribution is -2.44. The molecule has 2 aromatic heterocycles. The van der Waals surface area contributed by atoms with Crippen LogP contribution in [0.3, 0.4) is 0 Å². The maximum atomic E-state index is 12.6. The first-order valence-electron chi connectivity index (χ1n) is 8.70. The first kappa shape index (κ1) is 20.9. The van der Waals surface area contributed by atoms with Crippen LogP contribution < -0.4 is 5.73 Å². The van der Waals surface area contributed by atoms with Crippen molar-refractivity contribution in [2.24, 2.45) is 5.73 Å². The predicted molar refractivity (Wildman–Crippen MR) is 103 cm³/mol. The van der Waals surface area contributed by atoms with E-state index in [1.807, 2.05) is 33.7 Å². The number of nitrogens with zero attached hydrogens (tertiary/aromatic N) is 4. The van der Waals surface area contributed by atoms with E-state index in [9.17, 15) is 4.79 Å². The molecular formula is C17H25Cl2N5O2. The molecule has 0 saturated carbocycles. The van der Waals surface area contributed by atoms with Crippen LogP contribution in [0.4, 0.5) is 0 Å². The van der Waals surface area contributed by atoms with Crippen molar-refractivity contribution in [2.75, 3.05) is 19.6 Å². The molecule has 0 aliphatic carbocycles. The smallest absolute Gasteiger partial charge is 0.251 e. The van der Waals surface area contributed by atoms with E-state index in [2.05, 4.69) is 10.2 Å². The number of carbonyl (C=O) groups is 1. The third kappa shape index (κ3) is 3.96. The van der Waals surface area contributed by atoms with E-state index in [-0.39, 0.29) is 42.9 Å². The molecule has 4 heterocycles. The van der Waals surface area contributed by atoms with Crippen molar-refractivity contribution < 1.29 is 9.53 Å². The number of piperidine rings is 1. The quantitative estimate of drug-likeness (QED) is 0.846. The number of aromatic nitrogens is 3. The zero-order chi connectivity index (χ0) is 16.5. The fraction of sp³-hybridized carbons (Fsp3) is 0.588. The summed E-state index contributed by atoms with van der Waals surface area (Å²) in [5, 5.41) is 8.59. The molecule has 2 aliphatic heterocycles. The van der Waals surface area contributed by atoms with E-state index >= 15 is 0 Å². The van der Waals surface area contributed by atoms with Crippen LogP contribution in [0.1, 0.15) is 37.4 Å². The van der Waals surface area contributed by atoms with Gasteiger partial charge >= 0.3 is 0 Å². The van der Waals surface area contributed by atoms with E-state index in [1.54, 1.807) is 0 Å². The van der Waals surface area contributed by atoms with Gasteiger partial charge in [0.15, 0.2) is 5.65 Å². The number of pyridine rings is 1. The maximum absolute atomic E-state index is 12.6. The maximum Gasteiger partial charge on any atom is 0.251 e. The molecule has 2 aromatic rings. The molecule has 0 radical (unpaired) electrons. The Labute approximate surface area is 165 Å². The highest BCUT2D eigenvalue weighted by atomic mass is 35.5. The molecular weight excluding hydrogens is 377 g/mol. The van der Waals surface area contributed by atoms with Gasteiger partial charge in [0, 0.05) is 31.7 Å². The highest BCUT2D eigenvalue weighted by Crippen LogP contribution is 2.29. The van der Waals surface area contributed by atoms with E-state index in [1.165, 1.54) is 0 Å². The average molecular weight is 402 g/mol. The van der Waals surface area contributed by atoms with Crippen LogP contribution >= 0.6 is 24.8 Å². The number of hydrogen-bond donors (Lipinski definition) is 1. The van der Waals surface area contributed by atoms with Crippen LogP contribution in [0.15, 0.2) is 24.4 Å². The molecule has 0 unspecified atom stereocenters. The predicted octanol–water partition coefficient (Wildman–Crippen LogP) is 1.79. The summed E-state index contributed by atoms with van der Waals surface area (Å²) in [6, 6.07) is 5.91. The minimum absolute atomic E-state index is 0. The fourth-order valence-electron chi connectivity index (χ4n) is 3.76. The van der Waals surface area contributed by atoms with Gasteiger partial charge in [-0.25, -0.2) is 0 Å². The third-order valence-electron chi connectivity index (χ3n) is 5.16. The van der Waals surface area contributed by atoms with Crippen molar-refractivity contribution in [1.82, 2.24) is 19.5 Å². The van der Waals surface area contributed by atoms with Crippen molar-refractivity contribution in [3.8, 4) is 0 Å². The van der Waals surface area contributed by atoms with Crippen LogP contribution in [-0.4, -0.2) is 57.2 Å². The normalized spacial score (nSPS) is 23.5. The lowest BCUT2D eigenvalue weighted by atomic mass is 9.95. The van der Waals surface area contributed by atoms with Gasteiger partial charge in [-0.2, -0.15) is 0 Å². The van der Waals surface area contributed by atoms with Crippen molar-refractivity contribution >= 4 is 36.4 Å². The Hall–Kier alpha value is -1.41. The van der Waals surface area contributed by atoms with Gasteiger partial charge in [-0.1, -0.05) is 6.07 Å². The van der Waals surface area contributed by atoms with Crippen LogP contribution in [0.25, 0.3) is 5.65 Å². The summed E-state index contributed by atoms with van der Waals surface area (Å²) < 4.78 is 7.79. The number of ether oxygens (including phenoxy) is 1. The molecule has 2 N–H and O–H groups in total. The van der Waals surface area contributed by atoms with E-state index in [0.29, 0.717) is 12.5 Å². The largest absolute Gasteiger partial charge is 0.364 e. The average Bonchev–Trinajstić information content (AvgIpc) is 3.28. The number of halogens is 2. The molecule has 9 heteroatoms. The van der Waals surface area contributed by atoms with E-state index in [0.717, 1.165) is 50.2 Å². The summed E-state index contributed by atoms with van der Waals surface area (Å²) in [6.45, 7) is 1.99. The van der Waals surface area contributed by atoms with Gasteiger partial charge in [0.25, 0.3) is 5.91 Å². The summed E-state index contributed by atoms with van der Waals surface area (Å²) in [6.07, 6.45) is 5.23. The second-order valence-corrected chi connectivity index (χ2v) is 6.65. The van der Waals surface area contributed by atoms with Crippen LogP contribution in [0, 0.1) is 0 Å². The monoisotopic (exact) mass is 401 g/mol. The molecule has 0 spiro atoms. The Kier molecular flexibility index (Phi) is 7.23. The van der Waals surface area contributed by atoms with Crippen molar-refractivity contribution in [1.29, 1.82) is 0 Å². The third-order valence-corrected chi connectivity index (χ3v) is 5.16. The summed E-state index contributed by atoms with van der Waals surface area (Å²) in [5.74, 6) is 1.46. The summed E-state index contributed by atoms with van der Waals surface area (Å²) in [4.78, 5) is 14.5. The topological polar surface area (TPSA) is 85.8 Å². The summed E-state index contributed by atoms with van der Waals surface area (Å²) in [5.41, 5.74) is 6.50. The summed E-state index contributed by atoms with van der Waals surface area (Å²) in [7, 11) is 0. The van der Waals surface area contributed by atoms with Crippen molar-refractivity contribution in [3.05, 3.63) is 30.2 Å². The Morgan fingerprint density at radius 3 is 2.62 bits per heavy atom. The zero-order valence-corrected chi connectivity index (χ0v) is 16.1. The van der Waals surface area contributed by atoms with Crippen molar-refractivity contribution in [2.45, 2.75) is 43.8 Å². The molecule has 4 rings (SSSR count). The number of nitrogens with two attached hydrogens (primary N) is 1. The van der Waals surface area contributed by atoms with Gasteiger partial charge in [0.05, 0.1) is 6.10 Å². The van der Waals surface area contributed by atoms with E-state index in [4.69, 9.17) is 10.5 Å². The summed E-state index contributed by atoms with van der Waals surface area (Å²) >= 11 is 0. The molecule has 7 nitrogen and oxygen atoms in total. The van der Waals surface area contributed by atoms with Gasteiger partial charge in [0.2, 0.25) is 0 Å². The molecule has 2 saturated heterocycles. The molecule has 144 valence electrons. The minimum atomic E-state index is -0.302. The number of rotatable bonds is 3. The van der Waals surface area contributed by atoms with Gasteiger partial charge in [0.1, 0.15) is 11.9 Å². The lowest BCUT2D eigenvalue weighted by Gasteiger charge is -2.32. The second kappa shape index (κ2) is 8.99. The van der Waals surface area contributed by atoms with Crippen LogP contribution in [0.2, 0.25) is 0 Å². The number of amides is 1. The number of carbonyl (C=O) groups excluding carboxylic acids is 1. The first-order valence-corrected chi connectivity index (χ1v) is 8.70. The number of likely N-dealkylation sites (tertiary alicyclic amines) is 1. The number of hydrogen-bond acceptors (Lipinski definition) is 5. The molecule has 0 aromatic carbocycles. The second-order valence-electron chi connectivity index (χ2n) is 6.65. The number of fused-ring (bicyclic) bond motifs is 1. The van der Waals surface area contributed by atoms with Crippen LogP contribution in [0.5, 0.6) is 0 Å². The van der Waals surface area contributed by atoms with Crippen molar-refractivity contribution in [3.63, 3.8) is 0 Å². The molecule has 26 heavy (non-hydrogen) atoms. The highest BCUT2D eigenvalue weighted by molar-refractivity contribution is 5.85. The Balaban J connectivity index is 0.00000121. The SMILES string of the molecule is Cl.Cl.NC[C@H]1CC[C@@H](C(=O)N2CCC(c3nnc4ccccn34)CC2)O1. The van der Waals surface area contributed by atoms with Gasteiger partial charge in [-0.3, -0.25) is 9.20 Å². The fourth-order valence-corrected chi connectivity index (χ4v) is 3.76. The highest BCUT2D eigenvalue weighted by Gasteiger charge is 2.35. The Morgan fingerprint density at radius 1 is 1.15 bits per heavy atom. The standard InChI is InChI=1S/C17H23N5O2.2ClH/c18-11-13-4-5-14(24-13)17(23)21-9-6-12(7-10-21)16-20-19-15-3-1-2-8-22(15)16;;/h1-3,8,12-14H,4-7,9-11,18H2;2*1H/t13-,14+;;/m1../s1. The van der Waals surface area contributed by atoms with Crippen LogP contribution in [-0.2, 0) is 9.53 Å². The zero-order valence-electron chi connectivity index (χ0n) is 14.5. The molecule has 1 amide bonds. The molecule has 0 bridgehead atoms. The van der Waals surface area contributed by atoms with Gasteiger partial charge in [-0.05, 0) is 37.8 Å². The van der Waals surface area contributed by atoms with E-state index < -0.39 is 0 Å². The van der Waals surface area contributed by atoms with Gasteiger partial charge < -0.3 is 15.4 Å². The first-order chi connectivity index (χ1) is 11.8. The van der Waals surface area contributed by atoms with Gasteiger partial charge in [-0.15, -0.1) is 35.0 Å². The Morgan fingerprint density at radius 2 is 1.92 bits per heavy atom. The molecule has 2 atom stereocenters. The Bertz CT molecular complexity index is 733.